The third-order valence-corrected chi connectivity index (χ3v) is 3.69. The van der Waals surface area contributed by atoms with Gasteiger partial charge in [0.2, 0.25) is 0 Å². The number of hydrogen-bond donors (Lipinski definition) is 2. The lowest BCUT2D eigenvalue weighted by molar-refractivity contribution is -0.255. The fraction of sp³-hybridized carbons (Fsp3) is 0. The van der Waals surface area contributed by atoms with Crippen LogP contribution in [0.4, 0.5) is 5.69 Å². The highest BCUT2D eigenvalue weighted by atomic mass is 79.9. The molecule has 0 bridgehead atoms. The van der Waals surface area contributed by atoms with Crippen molar-refractivity contribution in [1.82, 2.24) is 4.98 Å². The minimum Gasteiger partial charge on any atom is -0.545 e. The number of carboxylic acid groups (broad SMARTS) is 1. The number of carbonyl (C=O) groups excluding carboxylic acids is 1. The molecule has 0 saturated heterocycles. The van der Waals surface area contributed by atoms with Crippen LogP contribution in [0.3, 0.4) is 0 Å². The van der Waals surface area contributed by atoms with Gasteiger partial charge in [-0.2, -0.15) is 5.10 Å². The Labute approximate surface area is 134 Å². The first-order valence-electron chi connectivity index (χ1n) is 6.50. The maximum absolute atomic E-state index is 10.7. The Morgan fingerprint density at radius 2 is 2.00 bits per heavy atom. The second-order valence-electron chi connectivity index (χ2n) is 4.67. The monoisotopic (exact) mass is 356 g/mol. The van der Waals surface area contributed by atoms with Crippen LogP contribution in [0.2, 0.25) is 0 Å². The summed E-state index contributed by atoms with van der Waals surface area (Å²) < 4.78 is 1.00. The van der Waals surface area contributed by atoms with Gasteiger partial charge in [-0.3, -0.25) is 5.43 Å². The topological polar surface area (TPSA) is 80.3 Å². The van der Waals surface area contributed by atoms with Crippen LogP contribution in [0.1, 0.15) is 15.9 Å². The Kier molecular flexibility index (Phi) is 3.93. The average molecular weight is 357 g/mol. The van der Waals surface area contributed by atoms with E-state index < -0.39 is 5.97 Å². The van der Waals surface area contributed by atoms with Crippen LogP contribution < -0.4 is 10.5 Å². The zero-order valence-electron chi connectivity index (χ0n) is 11.3. The summed E-state index contributed by atoms with van der Waals surface area (Å²) >= 11 is 3.45. The van der Waals surface area contributed by atoms with Gasteiger partial charge in [0.25, 0.3) is 0 Å². The van der Waals surface area contributed by atoms with Crippen molar-refractivity contribution in [1.29, 1.82) is 0 Å². The molecule has 3 aromatic rings. The number of aromatic carboxylic acids is 1. The number of benzene rings is 2. The van der Waals surface area contributed by atoms with Crippen molar-refractivity contribution >= 4 is 44.7 Å². The van der Waals surface area contributed by atoms with E-state index in [4.69, 9.17) is 0 Å². The number of hydrazone groups is 1. The van der Waals surface area contributed by atoms with Gasteiger partial charge in [0.1, 0.15) is 0 Å². The second-order valence-corrected chi connectivity index (χ2v) is 5.58. The number of carboxylic acids is 1. The van der Waals surface area contributed by atoms with Gasteiger partial charge in [-0.25, -0.2) is 0 Å². The molecule has 0 atom stereocenters. The quantitative estimate of drug-likeness (QED) is 0.557. The number of nitrogens with zero attached hydrogens (tertiary/aromatic N) is 1. The van der Waals surface area contributed by atoms with Gasteiger partial charge in [0.15, 0.2) is 0 Å². The number of hydrogen-bond acceptors (Lipinski definition) is 4. The number of rotatable bonds is 4. The number of H-pyrrole nitrogens is 1. The molecule has 110 valence electrons. The van der Waals surface area contributed by atoms with E-state index >= 15 is 0 Å². The minimum absolute atomic E-state index is 0.135. The average Bonchev–Trinajstić information content (AvgIpc) is 2.90. The minimum atomic E-state index is -1.19. The zero-order valence-corrected chi connectivity index (χ0v) is 12.9. The molecule has 0 unspecified atom stereocenters. The summed E-state index contributed by atoms with van der Waals surface area (Å²) in [5, 5.41) is 15.9. The van der Waals surface area contributed by atoms with E-state index in [1.54, 1.807) is 18.3 Å². The number of aromatic amines is 1. The fourth-order valence-electron chi connectivity index (χ4n) is 2.08. The predicted molar refractivity (Wildman–Crippen MR) is 88.0 cm³/mol. The van der Waals surface area contributed by atoms with E-state index in [1.807, 2.05) is 24.4 Å². The Bertz CT molecular complexity index is 853. The number of anilines is 1. The highest BCUT2D eigenvalue weighted by Crippen LogP contribution is 2.21. The van der Waals surface area contributed by atoms with Gasteiger partial charge >= 0.3 is 0 Å². The largest absolute Gasteiger partial charge is 0.545 e. The van der Waals surface area contributed by atoms with E-state index in [9.17, 15) is 9.90 Å². The number of fused-ring (bicyclic) bond motifs is 1. The Balaban J connectivity index is 1.76. The van der Waals surface area contributed by atoms with Crippen LogP contribution in [-0.2, 0) is 0 Å². The first kappa shape index (κ1) is 14.3. The lowest BCUT2D eigenvalue weighted by atomic mass is 10.2. The van der Waals surface area contributed by atoms with E-state index in [-0.39, 0.29) is 5.56 Å². The highest BCUT2D eigenvalue weighted by Gasteiger charge is 2.01. The lowest BCUT2D eigenvalue weighted by Crippen LogP contribution is -2.21. The fourth-order valence-corrected chi connectivity index (χ4v) is 2.44. The van der Waals surface area contributed by atoms with Crippen molar-refractivity contribution in [2.45, 2.75) is 0 Å². The SMILES string of the molecule is O=C([O-])c1ccc(N/N=C/c2c[nH]c3ccc(Br)cc23)cc1. The molecule has 1 aromatic heterocycles. The molecule has 0 radical (unpaired) electrons. The highest BCUT2D eigenvalue weighted by molar-refractivity contribution is 9.10. The molecular formula is C16H11BrN3O2-. The summed E-state index contributed by atoms with van der Waals surface area (Å²) in [6.45, 7) is 0. The smallest absolute Gasteiger partial charge is 0.0715 e. The van der Waals surface area contributed by atoms with Crippen molar-refractivity contribution in [3.63, 3.8) is 0 Å². The van der Waals surface area contributed by atoms with Crippen molar-refractivity contribution in [3.05, 3.63) is 64.3 Å². The molecule has 2 N–H and O–H groups in total. The van der Waals surface area contributed by atoms with Crippen LogP contribution >= 0.6 is 15.9 Å². The van der Waals surface area contributed by atoms with Crippen LogP contribution in [0.25, 0.3) is 10.9 Å². The molecule has 0 aliphatic rings. The molecule has 0 aliphatic carbocycles. The summed E-state index contributed by atoms with van der Waals surface area (Å²) in [7, 11) is 0. The van der Waals surface area contributed by atoms with E-state index in [2.05, 4.69) is 31.4 Å². The summed E-state index contributed by atoms with van der Waals surface area (Å²) in [4.78, 5) is 13.8. The van der Waals surface area contributed by atoms with Gasteiger partial charge in [0.05, 0.1) is 17.9 Å². The Morgan fingerprint density at radius 1 is 1.23 bits per heavy atom. The van der Waals surface area contributed by atoms with E-state index in [0.29, 0.717) is 5.69 Å². The van der Waals surface area contributed by atoms with Crippen LogP contribution in [0.15, 0.2) is 58.2 Å². The van der Waals surface area contributed by atoms with Gasteiger partial charge in [-0.05, 0) is 35.9 Å². The summed E-state index contributed by atoms with van der Waals surface area (Å²) in [6.07, 6.45) is 3.58. The molecule has 1 heterocycles. The molecule has 0 aliphatic heterocycles. The van der Waals surface area contributed by atoms with Crippen molar-refractivity contribution in [2.75, 3.05) is 5.43 Å². The van der Waals surface area contributed by atoms with Crippen molar-refractivity contribution in [3.8, 4) is 0 Å². The molecule has 6 heteroatoms. The van der Waals surface area contributed by atoms with Crippen LogP contribution in [0, 0.1) is 0 Å². The molecule has 0 amide bonds. The normalized spacial score (nSPS) is 11.1. The summed E-state index contributed by atoms with van der Waals surface area (Å²) in [5.74, 6) is -1.19. The first-order valence-corrected chi connectivity index (χ1v) is 7.30. The maximum atomic E-state index is 10.7. The molecule has 0 saturated carbocycles. The first-order chi connectivity index (χ1) is 10.6. The number of halogens is 1. The van der Waals surface area contributed by atoms with E-state index in [0.717, 1.165) is 20.9 Å². The van der Waals surface area contributed by atoms with Gasteiger partial charge in [-0.15, -0.1) is 0 Å². The molecule has 0 spiro atoms. The Morgan fingerprint density at radius 3 is 2.73 bits per heavy atom. The molecule has 3 rings (SSSR count). The summed E-state index contributed by atoms with van der Waals surface area (Å²) in [5.41, 5.74) is 5.67. The Hall–Kier alpha value is -2.60. The van der Waals surface area contributed by atoms with E-state index in [1.165, 1.54) is 12.1 Å². The van der Waals surface area contributed by atoms with Crippen LogP contribution in [0.5, 0.6) is 0 Å². The van der Waals surface area contributed by atoms with Gasteiger partial charge in [0, 0.05) is 27.1 Å². The van der Waals surface area contributed by atoms with Crippen molar-refractivity contribution in [2.24, 2.45) is 5.10 Å². The maximum Gasteiger partial charge on any atom is 0.0715 e. The third kappa shape index (κ3) is 3.01. The number of nitrogens with one attached hydrogen (secondary N) is 2. The molecule has 2 aromatic carbocycles. The lowest BCUT2D eigenvalue weighted by Gasteiger charge is -2.03. The number of carbonyl (C=O) groups is 1. The molecule has 0 fully saturated rings. The van der Waals surface area contributed by atoms with Gasteiger partial charge in [-0.1, -0.05) is 28.1 Å². The summed E-state index contributed by atoms with van der Waals surface area (Å²) in [6, 6.07) is 12.2. The second kappa shape index (κ2) is 6.03. The number of aromatic nitrogens is 1. The zero-order chi connectivity index (χ0) is 15.5. The molecular weight excluding hydrogens is 346 g/mol. The third-order valence-electron chi connectivity index (χ3n) is 3.19. The van der Waals surface area contributed by atoms with Gasteiger partial charge < -0.3 is 14.9 Å². The van der Waals surface area contributed by atoms with Crippen LogP contribution in [-0.4, -0.2) is 17.2 Å². The predicted octanol–water partition coefficient (Wildman–Crippen LogP) is 2.74. The van der Waals surface area contributed by atoms with Crippen molar-refractivity contribution < 1.29 is 9.90 Å². The molecule has 22 heavy (non-hydrogen) atoms. The standard InChI is InChI=1S/C16H12BrN3O2/c17-12-3-6-15-14(7-12)11(8-18-15)9-19-20-13-4-1-10(2-5-13)16(21)22/h1-9,18,20H,(H,21,22)/p-1/b19-9+. The molecule has 5 nitrogen and oxygen atoms in total.